The highest BCUT2D eigenvalue weighted by molar-refractivity contribution is 7.88. The van der Waals surface area contributed by atoms with E-state index in [1.165, 1.54) is 45.5 Å². The number of alkyl halides is 3. The summed E-state index contributed by atoms with van der Waals surface area (Å²) in [6.07, 6.45) is 0.978. The summed E-state index contributed by atoms with van der Waals surface area (Å²) in [5, 5.41) is 10.3. The maximum atomic E-state index is 11.9. The summed E-state index contributed by atoms with van der Waals surface area (Å²) >= 11 is 17.1. The van der Waals surface area contributed by atoms with Gasteiger partial charge in [0.05, 0.1) is 5.69 Å². The number of phenolic OH excluding ortho intramolecular Hbond substituents is 1. The number of hydrogen-bond donors (Lipinski definition) is 1. The zero-order chi connectivity index (χ0) is 48.4. The first-order chi connectivity index (χ1) is 32.8. The average Bonchev–Trinajstić information content (AvgIpc) is 3.36. The van der Waals surface area contributed by atoms with Gasteiger partial charge in [-0.15, -0.1) is 0 Å². The highest BCUT2D eigenvalue weighted by Crippen LogP contribution is 2.40. The van der Waals surface area contributed by atoms with E-state index in [1.807, 2.05) is 24.3 Å². The van der Waals surface area contributed by atoms with Crippen LogP contribution in [0.3, 0.4) is 0 Å². The molecule has 0 saturated heterocycles. The standard InChI is InChI=1S/C24H18ClN.C19H16.C7H4ClF3O3S.C6H5ClO/c25-20-15-17-22(18-16-20)26(21-11-5-2-6-12-21)24-14-8-7-13-23(24)19-9-3-1-4-10-19;1-3-9-16(10-4-1)15-18-13-7-8-14-19(18)17-11-5-2-6-12-17;8-5-1-3-6(4-2-5)14-15(12,13)7(9,10)11;7-5-1-3-6(8)4-2-5/h1-18H;1-14H,15H2;1-4H;1-4,8H. The van der Waals surface area contributed by atoms with Gasteiger partial charge in [0.1, 0.15) is 11.5 Å². The molecular weight excluding hydrogens is 946 g/mol. The Morgan fingerprint density at radius 3 is 1.37 bits per heavy atom. The van der Waals surface area contributed by atoms with Gasteiger partial charge in [-0.3, -0.25) is 0 Å². The van der Waals surface area contributed by atoms with Crippen LogP contribution < -0.4 is 9.08 Å². The van der Waals surface area contributed by atoms with E-state index >= 15 is 0 Å². The third-order valence-corrected chi connectivity index (χ3v) is 11.5. The molecule has 0 aromatic heterocycles. The van der Waals surface area contributed by atoms with Crippen LogP contribution in [0.4, 0.5) is 30.2 Å². The molecule has 0 aliphatic rings. The molecule has 0 bridgehead atoms. The third-order valence-electron chi connectivity index (χ3n) is 9.80. The van der Waals surface area contributed by atoms with Crippen LogP contribution in [0.5, 0.6) is 11.5 Å². The van der Waals surface area contributed by atoms with Crippen molar-refractivity contribution in [2.45, 2.75) is 11.9 Å². The van der Waals surface area contributed by atoms with Crippen LogP contribution in [0.2, 0.25) is 15.1 Å². The fourth-order valence-electron chi connectivity index (χ4n) is 6.62. The van der Waals surface area contributed by atoms with Crippen molar-refractivity contribution in [2.75, 3.05) is 4.90 Å². The van der Waals surface area contributed by atoms with Crippen LogP contribution in [0.25, 0.3) is 22.3 Å². The van der Waals surface area contributed by atoms with Crippen molar-refractivity contribution in [3.8, 4) is 33.8 Å². The lowest BCUT2D eigenvalue weighted by Crippen LogP contribution is -2.27. The lowest BCUT2D eigenvalue weighted by Gasteiger charge is -2.27. The zero-order valence-corrected chi connectivity index (χ0v) is 39.2. The number of phenols is 1. The number of aromatic hydroxyl groups is 1. The predicted molar refractivity (Wildman–Crippen MR) is 273 cm³/mol. The van der Waals surface area contributed by atoms with E-state index in [9.17, 15) is 21.6 Å². The van der Waals surface area contributed by atoms with Crippen molar-refractivity contribution in [3.63, 3.8) is 0 Å². The van der Waals surface area contributed by atoms with E-state index in [4.69, 9.17) is 39.9 Å². The number of hydrogen-bond acceptors (Lipinski definition) is 5. The van der Waals surface area contributed by atoms with Crippen LogP contribution in [-0.4, -0.2) is 19.0 Å². The molecule has 0 aliphatic heterocycles. The van der Waals surface area contributed by atoms with Crippen LogP contribution in [-0.2, 0) is 16.5 Å². The molecule has 0 amide bonds. The van der Waals surface area contributed by atoms with Gasteiger partial charge < -0.3 is 14.2 Å². The van der Waals surface area contributed by atoms with Gasteiger partial charge in [-0.05, 0) is 125 Å². The van der Waals surface area contributed by atoms with E-state index in [1.54, 1.807) is 24.3 Å². The molecule has 0 aliphatic carbocycles. The zero-order valence-electron chi connectivity index (χ0n) is 36.1. The topological polar surface area (TPSA) is 66.8 Å². The van der Waals surface area contributed by atoms with Crippen molar-refractivity contribution < 1.29 is 30.9 Å². The first-order valence-electron chi connectivity index (χ1n) is 20.9. The molecule has 5 nitrogen and oxygen atoms in total. The largest absolute Gasteiger partial charge is 0.534 e. The fourth-order valence-corrected chi connectivity index (χ4v) is 7.46. The van der Waals surface area contributed by atoms with Gasteiger partial charge >= 0.3 is 15.6 Å². The number of nitrogens with zero attached hydrogens (tertiary/aromatic N) is 1. The second kappa shape index (κ2) is 24.7. The Labute approximate surface area is 410 Å². The summed E-state index contributed by atoms with van der Waals surface area (Å²) in [5.74, 6) is -0.203. The number of para-hydroxylation sites is 2. The molecule has 0 radical (unpaired) electrons. The quantitative estimate of drug-likeness (QED) is 0.115. The normalized spacial score (nSPS) is 10.7. The van der Waals surface area contributed by atoms with Crippen molar-refractivity contribution in [2.24, 2.45) is 0 Å². The van der Waals surface area contributed by atoms with Crippen LogP contribution in [0.1, 0.15) is 11.1 Å². The summed E-state index contributed by atoms with van der Waals surface area (Å²) < 4.78 is 60.4. The summed E-state index contributed by atoms with van der Waals surface area (Å²) in [4.78, 5) is 2.26. The Morgan fingerprint density at radius 1 is 0.456 bits per heavy atom. The maximum absolute atomic E-state index is 11.9. The molecule has 12 heteroatoms. The van der Waals surface area contributed by atoms with Crippen LogP contribution in [0, 0.1) is 0 Å². The molecule has 9 aromatic carbocycles. The van der Waals surface area contributed by atoms with Crippen molar-refractivity contribution in [1.29, 1.82) is 0 Å². The Bertz CT molecular complexity index is 3000. The molecule has 1 N–H and O–H groups in total. The number of anilines is 3. The summed E-state index contributed by atoms with van der Waals surface area (Å²) in [6.45, 7) is 0. The lowest BCUT2D eigenvalue weighted by atomic mass is 9.95. The van der Waals surface area contributed by atoms with Gasteiger partial charge in [-0.2, -0.15) is 21.6 Å². The average molecular weight is 989 g/mol. The van der Waals surface area contributed by atoms with Crippen molar-refractivity contribution in [3.05, 3.63) is 269 Å². The Kier molecular flexibility index (Phi) is 18.3. The molecule has 0 fully saturated rings. The SMILES string of the molecule is Clc1ccc(N(c2ccccc2)c2ccccc2-c2ccccc2)cc1.O=S(=O)(Oc1ccc(Cl)cc1)C(F)(F)F.Oc1ccc(Cl)cc1.c1ccc(Cc2ccccc2-c2ccccc2)cc1. The molecule has 9 rings (SSSR count). The second-order valence-corrected chi connectivity index (χ2v) is 17.5. The maximum Gasteiger partial charge on any atom is 0.534 e. The van der Waals surface area contributed by atoms with Gasteiger partial charge in [0.25, 0.3) is 0 Å². The number of rotatable bonds is 9. The minimum atomic E-state index is -5.61. The van der Waals surface area contributed by atoms with E-state index in [0.29, 0.717) is 5.02 Å². The molecule has 344 valence electrons. The summed E-state index contributed by atoms with van der Waals surface area (Å²) in [5.41, 5.74) is 5.60. The van der Waals surface area contributed by atoms with Crippen LogP contribution >= 0.6 is 34.8 Å². The van der Waals surface area contributed by atoms with Crippen LogP contribution in [0.15, 0.2) is 243 Å². The smallest absolute Gasteiger partial charge is 0.508 e. The highest BCUT2D eigenvalue weighted by Gasteiger charge is 2.48. The van der Waals surface area contributed by atoms with Gasteiger partial charge in [-0.25, -0.2) is 0 Å². The monoisotopic (exact) mass is 987 g/mol. The number of benzene rings is 9. The van der Waals surface area contributed by atoms with Gasteiger partial charge in [0.2, 0.25) is 0 Å². The molecule has 0 spiro atoms. The summed E-state index contributed by atoms with van der Waals surface area (Å²) in [6, 6.07) is 78.0. The molecule has 0 heterocycles. The van der Waals surface area contributed by atoms with E-state index in [2.05, 4.69) is 179 Å². The minimum Gasteiger partial charge on any atom is -0.508 e. The molecule has 68 heavy (non-hydrogen) atoms. The first-order valence-corrected chi connectivity index (χ1v) is 23.4. The van der Waals surface area contributed by atoms with Gasteiger partial charge in [0.15, 0.2) is 0 Å². The van der Waals surface area contributed by atoms with Crippen molar-refractivity contribution in [1.82, 2.24) is 0 Å². The fraction of sp³-hybridized carbons (Fsp3) is 0.0357. The number of halogens is 6. The highest BCUT2D eigenvalue weighted by atomic mass is 35.5. The molecule has 9 aromatic rings. The molecular formula is C56H43Cl3F3NO4S. The second-order valence-electron chi connectivity index (χ2n) is 14.6. The van der Waals surface area contributed by atoms with E-state index in [0.717, 1.165) is 40.6 Å². The third kappa shape index (κ3) is 15.0. The van der Waals surface area contributed by atoms with Gasteiger partial charge in [-0.1, -0.05) is 186 Å². The van der Waals surface area contributed by atoms with E-state index < -0.39 is 21.4 Å². The molecule has 0 unspecified atom stereocenters. The van der Waals surface area contributed by atoms with Crippen molar-refractivity contribution >= 4 is 62.0 Å². The Balaban J connectivity index is 0.000000160. The van der Waals surface area contributed by atoms with Gasteiger partial charge in [0, 0.05) is 32.0 Å². The lowest BCUT2D eigenvalue weighted by molar-refractivity contribution is -0.0500. The predicted octanol–water partition coefficient (Wildman–Crippen LogP) is 17.0. The summed E-state index contributed by atoms with van der Waals surface area (Å²) in [7, 11) is -5.61. The minimum absolute atomic E-state index is 0.245. The Morgan fingerprint density at radius 2 is 0.853 bits per heavy atom. The molecule has 0 atom stereocenters. The molecule has 0 saturated carbocycles. The van der Waals surface area contributed by atoms with E-state index in [-0.39, 0.29) is 10.8 Å². The first kappa shape index (κ1) is 50.4. The Hall–Kier alpha value is -7.01.